The molecule has 0 bridgehead atoms. The fourth-order valence-electron chi connectivity index (χ4n) is 4.04. The number of nitrogens with zero attached hydrogens (tertiary/aromatic N) is 1. The number of sulfonamides is 1. The zero-order chi connectivity index (χ0) is 24.5. The summed E-state index contributed by atoms with van der Waals surface area (Å²) in [5.74, 6) is -0.738. The summed E-state index contributed by atoms with van der Waals surface area (Å²) in [5, 5.41) is 2.81. The van der Waals surface area contributed by atoms with Crippen molar-refractivity contribution in [2.75, 3.05) is 16.2 Å². The maximum atomic E-state index is 13.3. The van der Waals surface area contributed by atoms with E-state index >= 15 is 0 Å². The standard InChI is InChI=1S/C26H26N2O5S/c1-4-33-26(30)19-7-10-22(11-8-19)27-25(29)20-9-14-24-21(16-20)15-18(3)28(24)34(31,32)23-12-5-17(2)6-13-23/h5-14,16,18H,4,15H2,1-3H3,(H,27,29)/t18-/m0/s1. The van der Waals surface area contributed by atoms with E-state index in [1.807, 2.05) is 13.8 Å². The summed E-state index contributed by atoms with van der Waals surface area (Å²) in [6, 6.07) is 18.0. The van der Waals surface area contributed by atoms with Gasteiger partial charge in [0.05, 0.1) is 22.8 Å². The Labute approximate surface area is 199 Å². The first-order chi connectivity index (χ1) is 16.2. The van der Waals surface area contributed by atoms with Gasteiger partial charge in [-0.25, -0.2) is 13.2 Å². The Kier molecular flexibility index (Phi) is 6.43. The van der Waals surface area contributed by atoms with Crippen LogP contribution in [0.1, 0.15) is 45.7 Å². The number of rotatable bonds is 6. The van der Waals surface area contributed by atoms with Crippen LogP contribution in [0, 0.1) is 6.92 Å². The zero-order valence-corrected chi connectivity index (χ0v) is 20.1. The molecule has 1 aliphatic rings. The lowest BCUT2D eigenvalue weighted by Crippen LogP contribution is -2.35. The Bertz CT molecular complexity index is 1330. The summed E-state index contributed by atoms with van der Waals surface area (Å²) < 4.78 is 33.0. The van der Waals surface area contributed by atoms with E-state index in [0.717, 1.165) is 11.1 Å². The predicted octanol–water partition coefficient (Wildman–Crippen LogP) is 4.56. The van der Waals surface area contributed by atoms with Crippen molar-refractivity contribution in [2.24, 2.45) is 0 Å². The minimum atomic E-state index is -3.72. The quantitative estimate of drug-likeness (QED) is 0.524. The third-order valence-electron chi connectivity index (χ3n) is 5.73. The van der Waals surface area contributed by atoms with Gasteiger partial charge in [0, 0.05) is 17.3 Å². The SMILES string of the molecule is CCOC(=O)c1ccc(NC(=O)c2ccc3c(c2)C[C@H](C)N3S(=O)(=O)c2ccc(C)cc2)cc1. The van der Waals surface area contributed by atoms with E-state index in [1.54, 1.807) is 73.7 Å². The molecule has 1 amide bonds. The topological polar surface area (TPSA) is 92.8 Å². The Morgan fingerprint density at radius 1 is 1.00 bits per heavy atom. The number of esters is 1. The molecule has 176 valence electrons. The van der Waals surface area contributed by atoms with Gasteiger partial charge in [0.1, 0.15) is 0 Å². The predicted molar refractivity (Wildman–Crippen MR) is 131 cm³/mol. The largest absolute Gasteiger partial charge is 0.462 e. The third-order valence-corrected chi connectivity index (χ3v) is 7.67. The molecule has 0 saturated carbocycles. The third kappa shape index (κ3) is 4.54. The molecule has 1 atom stereocenters. The van der Waals surface area contributed by atoms with Crippen LogP contribution in [0.3, 0.4) is 0 Å². The van der Waals surface area contributed by atoms with Gasteiger partial charge in [-0.1, -0.05) is 17.7 Å². The van der Waals surface area contributed by atoms with Crippen molar-refractivity contribution in [2.45, 2.75) is 38.1 Å². The Hall–Kier alpha value is -3.65. The average molecular weight is 479 g/mol. The van der Waals surface area contributed by atoms with Crippen LogP contribution in [0.4, 0.5) is 11.4 Å². The first-order valence-corrected chi connectivity index (χ1v) is 12.5. The maximum absolute atomic E-state index is 13.3. The molecule has 3 aromatic rings. The van der Waals surface area contributed by atoms with Crippen molar-refractivity contribution in [1.29, 1.82) is 0 Å². The molecule has 7 nitrogen and oxygen atoms in total. The monoisotopic (exact) mass is 478 g/mol. The second-order valence-corrected chi connectivity index (χ2v) is 10.1. The van der Waals surface area contributed by atoms with Gasteiger partial charge in [0.2, 0.25) is 0 Å². The number of amides is 1. The summed E-state index contributed by atoms with van der Waals surface area (Å²) in [4.78, 5) is 24.8. The number of fused-ring (bicyclic) bond motifs is 1. The number of aryl methyl sites for hydroxylation is 1. The van der Waals surface area contributed by atoms with Crippen LogP contribution >= 0.6 is 0 Å². The van der Waals surface area contributed by atoms with E-state index in [-0.39, 0.29) is 23.5 Å². The summed E-state index contributed by atoms with van der Waals surface area (Å²) in [5.41, 5.74) is 3.74. The van der Waals surface area contributed by atoms with Gasteiger partial charge in [-0.2, -0.15) is 0 Å². The fraction of sp³-hybridized carbons (Fsp3) is 0.231. The Balaban J connectivity index is 1.54. The van der Waals surface area contributed by atoms with Crippen LogP contribution in [0.25, 0.3) is 0 Å². The highest BCUT2D eigenvalue weighted by Gasteiger charge is 2.36. The van der Waals surface area contributed by atoms with Gasteiger partial charge >= 0.3 is 5.97 Å². The lowest BCUT2D eigenvalue weighted by atomic mass is 10.1. The molecule has 0 aliphatic carbocycles. The maximum Gasteiger partial charge on any atom is 0.338 e. The molecule has 0 aromatic heterocycles. The molecule has 0 spiro atoms. The molecular formula is C26H26N2O5S. The highest BCUT2D eigenvalue weighted by molar-refractivity contribution is 7.92. The first kappa shape index (κ1) is 23.5. The number of nitrogens with one attached hydrogen (secondary N) is 1. The Morgan fingerprint density at radius 2 is 1.65 bits per heavy atom. The zero-order valence-electron chi connectivity index (χ0n) is 19.2. The minimum Gasteiger partial charge on any atom is -0.462 e. The Morgan fingerprint density at radius 3 is 2.29 bits per heavy atom. The van der Waals surface area contributed by atoms with Crippen molar-refractivity contribution < 1.29 is 22.7 Å². The molecule has 3 aromatic carbocycles. The van der Waals surface area contributed by atoms with Gasteiger partial charge in [-0.3, -0.25) is 9.10 Å². The molecule has 1 heterocycles. The lowest BCUT2D eigenvalue weighted by Gasteiger charge is -2.24. The minimum absolute atomic E-state index is 0.242. The molecule has 0 saturated heterocycles. The molecule has 0 fully saturated rings. The van der Waals surface area contributed by atoms with E-state index < -0.39 is 16.0 Å². The van der Waals surface area contributed by atoms with Crippen molar-refractivity contribution in [1.82, 2.24) is 0 Å². The number of ether oxygens (including phenoxy) is 1. The molecule has 1 aliphatic heterocycles. The van der Waals surface area contributed by atoms with Crippen molar-refractivity contribution in [3.8, 4) is 0 Å². The highest BCUT2D eigenvalue weighted by Crippen LogP contribution is 2.37. The van der Waals surface area contributed by atoms with Crippen molar-refractivity contribution >= 4 is 33.3 Å². The van der Waals surface area contributed by atoms with E-state index in [1.165, 1.54) is 4.31 Å². The first-order valence-electron chi connectivity index (χ1n) is 11.0. The van der Waals surface area contributed by atoms with Gasteiger partial charge in [0.25, 0.3) is 15.9 Å². The molecular weight excluding hydrogens is 452 g/mol. The van der Waals surface area contributed by atoms with Crippen molar-refractivity contribution in [3.63, 3.8) is 0 Å². The van der Waals surface area contributed by atoms with E-state index in [4.69, 9.17) is 4.74 Å². The number of hydrogen-bond donors (Lipinski definition) is 1. The molecule has 34 heavy (non-hydrogen) atoms. The second-order valence-electron chi connectivity index (χ2n) is 8.26. The fourth-order valence-corrected chi connectivity index (χ4v) is 5.73. The summed E-state index contributed by atoms with van der Waals surface area (Å²) in [6.07, 6.45) is 0.510. The number of carbonyl (C=O) groups excluding carboxylic acids is 2. The van der Waals surface area contributed by atoms with E-state index in [9.17, 15) is 18.0 Å². The highest BCUT2D eigenvalue weighted by atomic mass is 32.2. The average Bonchev–Trinajstić information content (AvgIpc) is 3.15. The van der Waals surface area contributed by atoms with Crippen LogP contribution in [-0.2, 0) is 21.2 Å². The number of anilines is 2. The van der Waals surface area contributed by atoms with Crippen LogP contribution in [-0.4, -0.2) is 32.9 Å². The molecule has 1 N–H and O–H groups in total. The van der Waals surface area contributed by atoms with E-state index in [0.29, 0.717) is 28.9 Å². The van der Waals surface area contributed by atoms with E-state index in [2.05, 4.69) is 5.32 Å². The van der Waals surface area contributed by atoms with Gasteiger partial charge in [-0.15, -0.1) is 0 Å². The molecule has 8 heteroatoms. The van der Waals surface area contributed by atoms with Crippen LogP contribution in [0.2, 0.25) is 0 Å². The summed E-state index contributed by atoms with van der Waals surface area (Å²) in [6.45, 7) is 5.79. The molecule has 0 radical (unpaired) electrons. The second kappa shape index (κ2) is 9.30. The normalized spacial score (nSPS) is 15.0. The number of hydrogen-bond acceptors (Lipinski definition) is 5. The van der Waals surface area contributed by atoms with Crippen LogP contribution < -0.4 is 9.62 Å². The summed E-state index contributed by atoms with van der Waals surface area (Å²) >= 11 is 0. The van der Waals surface area contributed by atoms with Crippen LogP contribution in [0.5, 0.6) is 0 Å². The molecule has 4 rings (SSSR count). The van der Waals surface area contributed by atoms with Crippen molar-refractivity contribution in [3.05, 3.63) is 89.0 Å². The number of benzene rings is 3. The molecule has 0 unspecified atom stereocenters. The van der Waals surface area contributed by atoms with Gasteiger partial charge in [-0.05, 0) is 87.4 Å². The smallest absolute Gasteiger partial charge is 0.338 e. The lowest BCUT2D eigenvalue weighted by molar-refractivity contribution is 0.0526. The van der Waals surface area contributed by atoms with Crippen LogP contribution in [0.15, 0.2) is 71.6 Å². The van der Waals surface area contributed by atoms with Gasteiger partial charge < -0.3 is 10.1 Å². The number of carbonyl (C=O) groups is 2. The van der Waals surface area contributed by atoms with Gasteiger partial charge in [0.15, 0.2) is 0 Å². The summed E-state index contributed by atoms with van der Waals surface area (Å²) in [7, 11) is -3.72.